The fourth-order valence-electron chi connectivity index (χ4n) is 2.04. The monoisotopic (exact) mass is 333 g/mol. The van der Waals surface area contributed by atoms with Gasteiger partial charge < -0.3 is 10.2 Å². The van der Waals surface area contributed by atoms with E-state index in [1.165, 1.54) is 11.3 Å². The highest BCUT2D eigenvalue weighted by atomic mass is 32.2. The van der Waals surface area contributed by atoms with Crippen molar-refractivity contribution in [2.24, 2.45) is 0 Å². The van der Waals surface area contributed by atoms with Crippen LogP contribution in [0.4, 0.5) is 0 Å². The zero-order valence-corrected chi connectivity index (χ0v) is 15.0. The smallest absolute Gasteiger partial charge is 0.241 e. The summed E-state index contributed by atoms with van der Waals surface area (Å²) in [6.45, 7) is 6.77. The van der Waals surface area contributed by atoms with E-state index in [2.05, 4.69) is 14.9 Å². The van der Waals surface area contributed by atoms with Crippen molar-refractivity contribution in [3.63, 3.8) is 0 Å². The molecule has 1 aromatic rings. The summed E-state index contributed by atoms with van der Waals surface area (Å²) < 4.78 is 27.6. The maximum Gasteiger partial charge on any atom is 0.241 e. The summed E-state index contributed by atoms with van der Waals surface area (Å²) in [5.41, 5.74) is 0.827. The Bertz CT molecular complexity index is 524. The SMILES string of the molecule is CCNCc1scc(C)c1S(=O)(=O)NCCCCN(C)C. The van der Waals surface area contributed by atoms with Gasteiger partial charge in [-0.3, -0.25) is 0 Å². The molecule has 0 saturated heterocycles. The van der Waals surface area contributed by atoms with Gasteiger partial charge in [-0.2, -0.15) is 0 Å². The number of nitrogens with one attached hydrogen (secondary N) is 2. The molecule has 0 bridgehead atoms. The van der Waals surface area contributed by atoms with E-state index in [0.29, 0.717) is 18.0 Å². The average molecular weight is 334 g/mol. The maximum atomic E-state index is 12.5. The van der Waals surface area contributed by atoms with Crippen LogP contribution >= 0.6 is 11.3 Å². The fourth-order valence-corrected chi connectivity index (χ4v) is 4.89. The number of unbranched alkanes of at least 4 members (excludes halogenated alkanes) is 1. The molecule has 0 saturated carbocycles. The number of thiophene rings is 1. The first-order valence-corrected chi connectivity index (χ1v) is 9.66. The van der Waals surface area contributed by atoms with Gasteiger partial charge in [-0.1, -0.05) is 6.92 Å². The van der Waals surface area contributed by atoms with Crippen molar-refractivity contribution in [1.82, 2.24) is 14.9 Å². The number of hydrogen-bond donors (Lipinski definition) is 2. The van der Waals surface area contributed by atoms with Gasteiger partial charge in [0, 0.05) is 18.0 Å². The molecule has 122 valence electrons. The number of hydrogen-bond acceptors (Lipinski definition) is 5. The van der Waals surface area contributed by atoms with Crippen LogP contribution in [0, 0.1) is 6.92 Å². The van der Waals surface area contributed by atoms with Crippen molar-refractivity contribution in [2.45, 2.75) is 38.1 Å². The van der Waals surface area contributed by atoms with Crippen LogP contribution < -0.4 is 10.0 Å². The Kier molecular flexibility index (Phi) is 7.83. The van der Waals surface area contributed by atoms with Crippen molar-refractivity contribution in [2.75, 3.05) is 33.7 Å². The zero-order valence-electron chi connectivity index (χ0n) is 13.4. The summed E-state index contributed by atoms with van der Waals surface area (Å²) in [5, 5.41) is 5.10. The fraction of sp³-hybridized carbons (Fsp3) is 0.714. The second kappa shape index (κ2) is 8.85. The highest BCUT2D eigenvalue weighted by Crippen LogP contribution is 2.26. The molecule has 0 radical (unpaired) electrons. The standard InChI is InChI=1S/C14H27N3O2S2/c1-5-15-10-13-14(12(2)11-20-13)21(18,19)16-8-6-7-9-17(3)4/h11,15-16H,5-10H2,1-4H3. The van der Waals surface area contributed by atoms with Crippen LogP contribution in [0.5, 0.6) is 0 Å². The molecule has 7 heteroatoms. The maximum absolute atomic E-state index is 12.5. The Labute approximate surface area is 132 Å². The van der Waals surface area contributed by atoms with Crippen molar-refractivity contribution in [3.8, 4) is 0 Å². The Morgan fingerprint density at radius 2 is 2.00 bits per heavy atom. The Morgan fingerprint density at radius 3 is 2.62 bits per heavy atom. The largest absolute Gasteiger partial charge is 0.312 e. The van der Waals surface area contributed by atoms with E-state index in [1.807, 2.05) is 33.3 Å². The molecule has 5 nitrogen and oxygen atoms in total. The number of nitrogens with zero attached hydrogens (tertiary/aromatic N) is 1. The lowest BCUT2D eigenvalue weighted by molar-refractivity contribution is 0.394. The van der Waals surface area contributed by atoms with Crippen LogP contribution in [-0.2, 0) is 16.6 Å². The van der Waals surface area contributed by atoms with E-state index >= 15 is 0 Å². The number of rotatable bonds is 10. The summed E-state index contributed by atoms with van der Waals surface area (Å²) in [5.74, 6) is 0. The molecular formula is C14H27N3O2S2. The molecule has 0 aliphatic rings. The van der Waals surface area contributed by atoms with E-state index in [0.717, 1.165) is 36.4 Å². The van der Waals surface area contributed by atoms with Crippen molar-refractivity contribution >= 4 is 21.4 Å². The predicted octanol–water partition coefficient (Wildman–Crippen LogP) is 1.79. The van der Waals surface area contributed by atoms with Crippen LogP contribution in [-0.4, -0.2) is 47.0 Å². The topological polar surface area (TPSA) is 61.4 Å². The first kappa shape index (κ1) is 18.6. The first-order chi connectivity index (χ1) is 9.88. The third-order valence-corrected chi connectivity index (χ3v) is 6.04. The molecular weight excluding hydrogens is 306 g/mol. The molecule has 1 aromatic heterocycles. The van der Waals surface area contributed by atoms with Crippen LogP contribution in [0.25, 0.3) is 0 Å². The highest BCUT2D eigenvalue weighted by Gasteiger charge is 2.22. The first-order valence-electron chi connectivity index (χ1n) is 7.30. The van der Waals surface area contributed by atoms with Crippen LogP contribution in [0.3, 0.4) is 0 Å². The van der Waals surface area contributed by atoms with Gasteiger partial charge in [0.05, 0.1) is 0 Å². The Morgan fingerprint density at radius 1 is 1.29 bits per heavy atom. The summed E-state index contributed by atoms with van der Waals surface area (Å²) in [6.07, 6.45) is 1.84. The van der Waals surface area contributed by atoms with Gasteiger partial charge in [-0.15, -0.1) is 11.3 Å². The van der Waals surface area contributed by atoms with Gasteiger partial charge in [-0.05, 0) is 57.9 Å². The second-order valence-corrected chi connectivity index (χ2v) is 8.03. The molecule has 0 aliphatic heterocycles. The second-order valence-electron chi connectivity index (χ2n) is 5.36. The summed E-state index contributed by atoms with van der Waals surface area (Å²) in [6, 6.07) is 0. The zero-order chi connectivity index (χ0) is 15.9. The molecule has 0 fully saturated rings. The molecule has 1 rings (SSSR count). The number of aryl methyl sites for hydroxylation is 1. The van der Waals surface area contributed by atoms with Crippen molar-refractivity contribution in [3.05, 3.63) is 15.8 Å². The average Bonchev–Trinajstić information content (AvgIpc) is 2.77. The minimum absolute atomic E-state index is 0.459. The Hall–Kier alpha value is -0.470. The molecule has 2 N–H and O–H groups in total. The Balaban J connectivity index is 2.63. The van der Waals surface area contributed by atoms with Crippen LogP contribution in [0.15, 0.2) is 10.3 Å². The molecule has 0 aliphatic carbocycles. The van der Waals surface area contributed by atoms with Crippen molar-refractivity contribution < 1.29 is 8.42 Å². The molecule has 0 aromatic carbocycles. The lowest BCUT2D eigenvalue weighted by Gasteiger charge is -2.11. The highest BCUT2D eigenvalue weighted by molar-refractivity contribution is 7.89. The minimum Gasteiger partial charge on any atom is -0.312 e. The van der Waals surface area contributed by atoms with E-state index in [9.17, 15) is 8.42 Å². The molecule has 0 spiro atoms. The van der Waals surface area contributed by atoms with Gasteiger partial charge in [-0.25, -0.2) is 13.1 Å². The quantitative estimate of drug-likeness (QED) is 0.641. The molecule has 0 unspecified atom stereocenters. The predicted molar refractivity (Wildman–Crippen MR) is 89.4 cm³/mol. The van der Waals surface area contributed by atoms with E-state index in [1.54, 1.807) is 0 Å². The van der Waals surface area contributed by atoms with Gasteiger partial charge in [0.15, 0.2) is 0 Å². The third-order valence-electron chi connectivity index (χ3n) is 3.12. The van der Waals surface area contributed by atoms with E-state index in [4.69, 9.17) is 0 Å². The molecule has 0 amide bonds. The molecule has 0 atom stereocenters. The van der Waals surface area contributed by atoms with Gasteiger partial charge >= 0.3 is 0 Å². The summed E-state index contributed by atoms with van der Waals surface area (Å²) in [4.78, 5) is 3.45. The van der Waals surface area contributed by atoms with E-state index < -0.39 is 10.0 Å². The van der Waals surface area contributed by atoms with Crippen LogP contribution in [0.1, 0.15) is 30.2 Å². The van der Waals surface area contributed by atoms with Crippen LogP contribution in [0.2, 0.25) is 0 Å². The lowest BCUT2D eigenvalue weighted by atomic mass is 10.3. The minimum atomic E-state index is -3.40. The van der Waals surface area contributed by atoms with Gasteiger partial charge in [0.2, 0.25) is 10.0 Å². The molecule has 1 heterocycles. The lowest BCUT2D eigenvalue weighted by Crippen LogP contribution is -2.27. The summed E-state index contributed by atoms with van der Waals surface area (Å²) >= 11 is 1.50. The number of sulfonamides is 1. The summed E-state index contributed by atoms with van der Waals surface area (Å²) in [7, 11) is 0.637. The normalized spacial score (nSPS) is 12.2. The third kappa shape index (κ3) is 6.04. The van der Waals surface area contributed by atoms with Gasteiger partial charge in [0.1, 0.15) is 4.90 Å². The van der Waals surface area contributed by atoms with E-state index in [-0.39, 0.29) is 0 Å². The van der Waals surface area contributed by atoms with Gasteiger partial charge in [0.25, 0.3) is 0 Å². The molecule has 21 heavy (non-hydrogen) atoms. The van der Waals surface area contributed by atoms with Crippen molar-refractivity contribution in [1.29, 1.82) is 0 Å².